The smallest absolute Gasteiger partial charge is 0.744 e. The van der Waals surface area contributed by atoms with Gasteiger partial charge in [0.05, 0.1) is 61.5 Å². The van der Waals surface area contributed by atoms with E-state index in [0.29, 0.717) is 0 Å². The van der Waals surface area contributed by atoms with Crippen molar-refractivity contribution < 1.29 is 203 Å². The summed E-state index contributed by atoms with van der Waals surface area (Å²) in [4.78, 5) is 20.7. The molecule has 33 heteroatoms. The van der Waals surface area contributed by atoms with E-state index in [9.17, 15) is 66.2 Å². The number of hydrogen-bond donors (Lipinski definition) is 5. The summed E-state index contributed by atoms with van der Waals surface area (Å²) in [5, 5.41) is 100. The maximum Gasteiger partial charge on any atom is 1.00 e. The van der Waals surface area contributed by atoms with Crippen LogP contribution in [0, 0.1) is 0 Å². The summed E-state index contributed by atoms with van der Waals surface area (Å²) in [5.41, 5.74) is -2.13. The number of nitrogens with zero attached hydrogens (tertiary/aromatic N) is 8. The number of carbonyl (C=O) groups is 2. The number of methoxy groups -OCH3 is 4. The van der Waals surface area contributed by atoms with Gasteiger partial charge in [-0.15, -0.1) is 30.7 Å². The Kier molecular flexibility index (Phi) is 24.1. The molecule has 0 saturated carbocycles. The standard InChI is InChI=1S/C50H39N9O18S2.4Na/c1-74-39-21-35(41(76-3)19-33(39)54-52-27-7-11-37(60)31(17-27)49(64)65)56-58-45-43(78(68,69)70)15-23-13-25(5-9-29(23)47(45)62)51-26-6-10-30-24(14-26)16-44(79(71,72)73)46(48(30)63)59-57-36-22-40(75-2)34(20-42(36)77-4)55-53-28-8-12-38(61)32(18-28)50(66)67;;;;/h5-22,51,60-63H,1-4H3,(H,64,65)(H,66,67)(H,68,69,70)(H,71,72,73);;;;/q;4*+1/p-4. The fourth-order valence-electron chi connectivity index (χ4n) is 7.57. The molecule has 0 fully saturated rings. The molecule has 27 nitrogen and oxygen atoms in total. The molecule has 0 aromatic heterocycles. The van der Waals surface area contributed by atoms with E-state index in [1.807, 2.05) is 0 Å². The van der Waals surface area contributed by atoms with Crippen LogP contribution in [-0.4, -0.2) is 86.7 Å². The second-order valence-electron chi connectivity index (χ2n) is 16.2. The number of fused-ring (bicyclic) bond motifs is 2. The first kappa shape index (κ1) is 69.1. The van der Waals surface area contributed by atoms with E-state index < -0.39 is 87.5 Å². The van der Waals surface area contributed by atoms with Crippen LogP contribution in [0.5, 0.6) is 46.0 Å². The number of anilines is 2. The predicted molar refractivity (Wildman–Crippen MR) is 271 cm³/mol. The van der Waals surface area contributed by atoms with E-state index in [-0.39, 0.29) is 208 Å². The number of nitrogens with one attached hydrogen (secondary N) is 1. The Balaban J connectivity index is 0.00000370. The molecular weight excluding hydrogens is 1170 g/mol. The molecule has 8 aromatic rings. The first-order chi connectivity index (χ1) is 37.5. The van der Waals surface area contributed by atoms with Crippen molar-refractivity contribution in [2.45, 2.75) is 9.79 Å². The van der Waals surface area contributed by atoms with Crippen molar-refractivity contribution in [3.8, 4) is 46.0 Å². The van der Waals surface area contributed by atoms with Gasteiger partial charge in [-0.05, 0) is 95.7 Å². The summed E-state index contributed by atoms with van der Waals surface area (Å²) in [6.45, 7) is 0. The second kappa shape index (κ2) is 29.0. The van der Waals surface area contributed by atoms with Gasteiger partial charge in [0.2, 0.25) is 0 Å². The van der Waals surface area contributed by atoms with Crippen LogP contribution in [0.3, 0.4) is 0 Å². The summed E-state index contributed by atoms with van der Waals surface area (Å²) in [7, 11) is -5.70. The Morgan fingerprint density at radius 2 is 0.747 bits per heavy atom. The number of carbonyl (C=O) groups excluding carboxylic acids is 2. The Labute approximate surface area is 558 Å². The normalized spacial score (nSPS) is 11.5. The molecule has 0 unspecified atom stereocenters. The van der Waals surface area contributed by atoms with Crippen molar-refractivity contribution in [3.63, 3.8) is 0 Å². The van der Waals surface area contributed by atoms with Crippen LogP contribution >= 0.6 is 0 Å². The molecule has 8 aromatic carbocycles. The fraction of sp³-hybridized carbons (Fsp3) is 0.0800. The molecule has 0 atom stereocenters. The van der Waals surface area contributed by atoms with Crippen molar-refractivity contribution in [2.75, 3.05) is 33.8 Å². The molecule has 404 valence electrons. The van der Waals surface area contributed by atoms with Crippen molar-refractivity contribution in [3.05, 3.63) is 120 Å². The Bertz CT molecular complexity index is 3950. The largest absolute Gasteiger partial charge is 1.00 e. The first-order valence-electron chi connectivity index (χ1n) is 22.1. The summed E-state index contributed by atoms with van der Waals surface area (Å²) in [6.07, 6.45) is 0. The fourth-order valence-corrected chi connectivity index (χ4v) is 8.87. The van der Waals surface area contributed by atoms with Crippen LogP contribution in [0.1, 0.15) is 20.7 Å². The van der Waals surface area contributed by atoms with Crippen LogP contribution in [-0.2, 0) is 20.2 Å². The number of rotatable bonds is 18. The zero-order valence-corrected chi connectivity index (χ0v) is 54.4. The molecule has 83 heavy (non-hydrogen) atoms. The molecule has 0 aliphatic carbocycles. The van der Waals surface area contributed by atoms with Crippen LogP contribution < -0.4 is 153 Å². The van der Waals surface area contributed by atoms with E-state index in [0.717, 1.165) is 36.4 Å². The van der Waals surface area contributed by atoms with Gasteiger partial charge in [0.15, 0.2) is 11.5 Å². The van der Waals surface area contributed by atoms with Crippen LogP contribution in [0.25, 0.3) is 21.5 Å². The zero-order chi connectivity index (χ0) is 57.1. The summed E-state index contributed by atoms with van der Waals surface area (Å²) < 4.78 is 97.7. The van der Waals surface area contributed by atoms with Crippen molar-refractivity contribution in [1.29, 1.82) is 0 Å². The molecule has 0 aliphatic heterocycles. The topological polar surface area (TPSA) is 423 Å². The van der Waals surface area contributed by atoms with Crippen molar-refractivity contribution in [1.82, 2.24) is 0 Å². The van der Waals surface area contributed by atoms with Gasteiger partial charge < -0.3 is 73.6 Å². The summed E-state index contributed by atoms with van der Waals surface area (Å²) in [6, 6.07) is 22.2. The minimum absolute atomic E-state index is 0. The molecular formula is C50H35N9Na4O18S2. The second-order valence-corrected chi connectivity index (χ2v) is 18.9. The summed E-state index contributed by atoms with van der Waals surface area (Å²) >= 11 is 0. The van der Waals surface area contributed by atoms with Gasteiger partial charge in [0.25, 0.3) is 0 Å². The van der Waals surface area contributed by atoms with Crippen molar-refractivity contribution >= 4 is 111 Å². The first-order valence-corrected chi connectivity index (χ1v) is 24.9. The number of ether oxygens (including phenoxy) is 4. The molecule has 0 aliphatic rings. The number of hydrogen-bond acceptors (Lipinski definition) is 27. The van der Waals surface area contributed by atoms with E-state index in [1.165, 1.54) is 101 Å². The number of benzene rings is 8. The number of carboxylic acid groups (broad SMARTS) is 2. The Morgan fingerprint density at radius 1 is 0.434 bits per heavy atom. The Morgan fingerprint density at radius 3 is 1.04 bits per heavy atom. The number of azo groups is 4. The molecule has 0 heterocycles. The van der Waals surface area contributed by atoms with Crippen LogP contribution in [0.15, 0.2) is 160 Å². The third kappa shape index (κ3) is 15.7. The molecule has 0 amide bonds. The predicted octanol–water partition coefficient (Wildman–Crippen LogP) is -3.19. The number of carboxylic acids is 2. The molecule has 0 spiro atoms. The zero-order valence-electron chi connectivity index (χ0n) is 44.8. The molecule has 0 radical (unpaired) electrons. The third-order valence-electron chi connectivity index (χ3n) is 11.4. The number of aromatic hydroxyl groups is 4. The number of aromatic carboxylic acids is 2. The number of phenols is 4. The van der Waals surface area contributed by atoms with Gasteiger partial charge in [-0.2, -0.15) is 10.2 Å². The monoisotopic (exact) mass is 1210 g/mol. The SMILES string of the molecule is COc1cc(N=Nc2c(S(=O)(=O)[O-])cc3cc(Nc4ccc5c(O)c(N=Nc6cc(OC)c(N=Nc7ccc(O)c(C(=O)[O-])c7)cc6OC)c(S(=O)(=O)[O-])cc5c4)ccc3c2O)c(OC)cc1N=Nc1ccc(O)c(C(=O)[O-])c1.[Na+].[Na+].[Na+].[Na+]. The van der Waals surface area contributed by atoms with Crippen LogP contribution in [0.2, 0.25) is 0 Å². The quantitative estimate of drug-likeness (QED) is 0.0321. The van der Waals surface area contributed by atoms with E-state index in [2.05, 4.69) is 46.2 Å². The maximum absolute atomic E-state index is 12.7. The molecule has 0 bridgehead atoms. The van der Waals surface area contributed by atoms with Gasteiger partial charge >= 0.3 is 118 Å². The minimum Gasteiger partial charge on any atom is -0.744 e. The van der Waals surface area contributed by atoms with Crippen LogP contribution in [0.4, 0.5) is 56.9 Å². The summed E-state index contributed by atoms with van der Waals surface area (Å²) in [5.74, 6) is -5.94. The van der Waals surface area contributed by atoms with Gasteiger partial charge in [0, 0.05) is 57.5 Å². The molecule has 5 N–H and O–H groups in total. The van der Waals surface area contributed by atoms with E-state index >= 15 is 0 Å². The number of phenolic OH excluding ortho intramolecular Hbond substituents is 2. The maximum atomic E-state index is 12.7. The van der Waals surface area contributed by atoms with Crippen molar-refractivity contribution in [2.24, 2.45) is 40.9 Å². The average molecular weight is 1210 g/mol. The molecule has 0 saturated heterocycles. The van der Waals surface area contributed by atoms with Gasteiger partial charge in [-0.3, -0.25) is 0 Å². The van der Waals surface area contributed by atoms with Gasteiger partial charge in [-0.1, -0.05) is 0 Å². The van der Waals surface area contributed by atoms with Gasteiger partial charge in [-0.25, -0.2) is 16.8 Å². The Hall–Kier alpha value is -6.36. The average Bonchev–Trinajstić information content (AvgIpc) is 3.59. The van der Waals surface area contributed by atoms with E-state index in [1.54, 1.807) is 0 Å². The molecule has 8 rings (SSSR count). The third-order valence-corrected chi connectivity index (χ3v) is 13.1. The van der Waals surface area contributed by atoms with Gasteiger partial charge in [0.1, 0.15) is 88.9 Å². The van der Waals surface area contributed by atoms with E-state index in [4.69, 9.17) is 18.9 Å². The minimum atomic E-state index is -5.37.